The van der Waals surface area contributed by atoms with Gasteiger partial charge >= 0.3 is 5.97 Å². The van der Waals surface area contributed by atoms with Gasteiger partial charge in [-0.3, -0.25) is 9.59 Å². The summed E-state index contributed by atoms with van der Waals surface area (Å²) in [7, 11) is 4.00. The number of rotatable bonds is 10. The molecule has 5 nitrogen and oxygen atoms in total. The second kappa shape index (κ2) is 9.03. The Morgan fingerprint density at radius 2 is 1.71 bits per heavy atom. The summed E-state index contributed by atoms with van der Waals surface area (Å²) in [5.41, 5.74) is -0.935. The van der Waals surface area contributed by atoms with Gasteiger partial charge in [0, 0.05) is 19.0 Å². The van der Waals surface area contributed by atoms with Crippen LogP contribution in [-0.2, 0) is 9.59 Å². The van der Waals surface area contributed by atoms with Crippen LogP contribution in [0.3, 0.4) is 0 Å². The second-order valence-electron chi connectivity index (χ2n) is 6.52. The van der Waals surface area contributed by atoms with Crippen molar-refractivity contribution in [2.45, 2.75) is 59.4 Å². The van der Waals surface area contributed by atoms with Gasteiger partial charge in [0.05, 0.1) is 5.41 Å². The molecule has 0 heterocycles. The maximum absolute atomic E-state index is 12.1. The summed E-state index contributed by atoms with van der Waals surface area (Å²) in [6, 6.07) is 0.274. The van der Waals surface area contributed by atoms with Crippen molar-refractivity contribution in [1.29, 1.82) is 0 Å². The molecule has 0 spiro atoms. The standard InChI is InChI=1S/C16H32N2O3/c1-7-16(8-2,15(20)21)10-14(19)17-11-13(18(5)6)9-12(3)4/h12-13H,7-11H2,1-6H3,(H,17,19)(H,20,21). The molecule has 0 aliphatic rings. The molecule has 0 aromatic heterocycles. The molecule has 0 aromatic rings. The Hall–Kier alpha value is -1.10. The van der Waals surface area contributed by atoms with E-state index in [0.29, 0.717) is 25.3 Å². The first-order chi connectivity index (χ1) is 9.68. The van der Waals surface area contributed by atoms with Gasteiger partial charge in [-0.2, -0.15) is 0 Å². The Balaban J connectivity index is 4.57. The molecule has 0 fully saturated rings. The van der Waals surface area contributed by atoms with Gasteiger partial charge in [0.1, 0.15) is 0 Å². The van der Waals surface area contributed by atoms with E-state index in [0.717, 1.165) is 6.42 Å². The topological polar surface area (TPSA) is 69.6 Å². The Morgan fingerprint density at radius 3 is 2.05 bits per heavy atom. The van der Waals surface area contributed by atoms with E-state index in [1.54, 1.807) is 0 Å². The highest BCUT2D eigenvalue weighted by Gasteiger charge is 2.37. The Morgan fingerprint density at radius 1 is 1.19 bits per heavy atom. The average Bonchev–Trinajstić information content (AvgIpc) is 2.39. The number of carbonyl (C=O) groups excluding carboxylic acids is 1. The van der Waals surface area contributed by atoms with Crippen LogP contribution in [0.15, 0.2) is 0 Å². The smallest absolute Gasteiger partial charge is 0.310 e. The van der Waals surface area contributed by atoms with E-state index in [9.17, 15) is 14.7 Å². The number of carboxylic acids is 1. The molecule has 0 aliphatic carbocycles. The predicted molar refractivity (Wildman–Crippen MR) is 85.2 cm³/mol. The van der Waals surface area contributed by atoms with Crippen LogP contribution < -0.4 is 5.32 Å². The highest BCUT2D eigenvalue weighted by Crippen LogP contribution is 2.30. The van der Waals surface area contributed by atoms with E-state index in [-0.39, 0.29) is 18.4 Å². The minimum Gasteiger partial charge on any atom is -0.481 e. The number of hydrogen-bond acceptors (Lipinski definition) is 3. The lowest BCUT2D eigenvalue weighted by Crippen LogP contribution is -2.43. The van der Waals surface area contributed by atoms with E-state index in [1.165, 1.54) is 0 Å². The third-order valence-electron chi connectivity index (χ3n) is 4.31. The molecule has 0 aromatic carbocycles. The van der Waals surface area contributed by atoms with Crippen LogP contribution in [0.1, 0.15) is 53.4 Å². The van der Waals surface area contributed by atoms with Crippen molar-refractivity contribution in [3.63, 3.8) is 0 Å². The molecule has 0 radical (unpaired) electrons. The first-order valence-corrected chi connectivity index (χ1v) is 7.85. The van der Waals surface area contributed by atoms with Gasteiger partial charge in [-0.25, -0.2) is 0 Å². The van der Waals surface area contributed by atoms with Crippen LogP contribution in [0.4, 0.5) is 0 Å². The number of hydrogen-bond donors (Lipinski definition) is 2. The molecule has 1 atom stereocenters. The molecule has 5 heteroatoms. The molecule has 1 unspecified atom stereocenters. The van der Waals surface area contributed by atoms with Crippen LogP contribution in [0, 0.1) is 11.3 Å². The van der Waals surface area contributed by atoms with Crippen LogP contribution in [0.2, 0.25) is 0 Å². The van der Waals surface area contributed by atoms with Gasteiger partial charge in [0.25, 0.3) is 0 Å². The van der Waals surface area contributed by atoms with Crippen molar-refractivity contribution < 1.29 is 14.7 Å². The fraction of sp³-hybridized carbons (Fsp3) is 0.875. The summed E-state index contributed by atoms with van der Waals surface area (Å²) in [4.78, 5) is 25.6. The second-order valence-corrected chi connectivity index (χ2v) is 6.52. The quantitative estimate of drug-likeness (QED) is 0.650. The number of likely N-dealkylation sites (N-methyl/N-ethyl adjacent to an activating group) is 1. The summed E-state index contributed by atoms with van der Waals surface area (Å²) in [5.74, 6) is -0.496. The highest BCUT2D eigenvalue weighted by molar-refractivity contribution is 5.84. The largest absolute Gasteiger partial charge is 0.481 e. The zero-order chi connectivity index (χ0) is 16.6. The van der Waals surface area contributed by atoms with Crippen LogP contribution >= 0.6 is 0 Å². The maximum atomic E-state index is 12.1. The molecular formula is C16H32N2O3. The molecule has 0 rings (SSSR count). The fourth-order valence-electron chi connectivity index (χ4n) is 2.50. The monoisotopic (exact) mass is 300 g/mol. The number of nitrogens with zero attached hydrogens (tertiary/aromatic N) is 1. The molecule has 2 N–H and O–H groups in total. The van der Waals surface area contributed by atoms with Gasteiger partial charge in [0.15, 0.2) is 0 Å². The minimum absolute atomic E-state index is 0.0527. The first kappa shape index (κ1) is 19.9. The third kappa shape index (κ3) is 6.46. The van der Waals surface area contributed by atoms with Crippen LogP contribution in [0.25, 0.3) is 0 Å². The van der Waals surface area contributed by atoms with E-state index in [4.69, 9.17) is 0 Å². The zero-order valence-electron chi connectivity index (χ0n) is 14.4. The number of carboxylic acid groups (broad SMARTS) is 1. The third-order valence-corrected chi connectivity index (χ3v) is 4.31. The number of nitrogens with one attached hydrogen (secondary N) is 1. The van der Waals surface area contributed by atoms with Gasteiger partial charge < -0.3 is 15.3 Å². The molecule has 0 aliphatic heterocycles. The molecule has 21 heavy (non-hydrogen) atoms. The molecule has 1 amide bonds. The maximum Gasteiger partial charge on any atom is 0.310 e. The molecule has 0 saturated carbocycles. The SMILES string of the molecule is CCC(CC)(CC(=O)NCC(CC(C)C)N(C)C)C(=O)O. The number of amides is 1. The Labute approximate surface area is 129 Å². The average molecular weight is 300 g/mol. The van der Waals surface area contributed by atoms with Crippen molar-refractivity contribution in [2.24, 2.45) is 11.3 Å². The molecule has 0 saturated heterocycles. The van der Waals surface area contributed by atoms with Crippen LogP contribution in [-0.4, -0.2) is 48.6 Å². The first-order valence-electron chi connectivity index (χ1n) is 7.85. The number of aliphatic carboxylic acids is 1. The predicted octanol–water partition coefficient (Wildman–Crippen LogP) is 2.36. The number of carbonyl (C=O) groups is 2. The lowest BCUT2D eigenvalue weighted by molar-refractivity contribution is -0.152. The lowest BCUT2D eigenvalue weighted by Gasteiger charge is -2.28. The van der Waals surface area contributed by atoms with Gasteiger partial charge in [0.2, 0.25) is 5.91 Å². The lowest BCUT2D eigenvalue weighted by atomic mass is 9.79. The van der Waals surface area contributed by atoms with Crippen molar-refractivity contribution in [2.75, 3.05) is 20.6 Å². The van der Waals surface area contributed by atoms with E-state index >= 15 is 0 Å². The van der Waals surface area contributed by atoms with Crippen molar-refractivity contribution in [1.82, 2.24) is 10.2 Å². The Bertz CT molecular complexity index is 336. The van der Waals surface area contributed by atoms with Gasteiger partial charge in [-0.1, -0.05) is 27.7 Å². The fourth-order valence-corrected chi connectivity index (χ4v) is 2.50. The van der Waals surface area contributed by atoms with Gasteiger partial charge in [-0.15, -0.1) is 0 Å². The Kier molecular flexibility index (Phi) is 8.55. The van der Waals surface area contributed by atoms with Crippen molar-refractivity contribution in [3.8, 4) is 0 Å². The molecule has 124 valence electrons. The van der Waals surface area contributed by atoms with Crippen molar-refractivity contribution in [3.05, 3.63) is 0 Å². The van der Waals surface area contributed by atoms with Gasteiger partial charge in [-0.05, 0) is 39.3 Å². The van der Waals surface area contributed by atoms with Crippen LogP contribution in [0.5, 0.6) is 0 Å². The summed E-state index contributed by atoms with van der Waals surface area (Å²) in [5, 5.41) is 12.3. The van der Waals surface area contributed by atoms with E-state index in [2.05, 4.69) is 24.1 Å². The zero-order valence-corrected chi connectivity index (χ0v) is 14.4. The minimum atomic E-state index is -0.935. The molecular weight excluding hydrogens is 268 g/mol. The van der Waals surface area contributed by atoms with Crippen molar-refractivity contribution >= 4 is 11.9 Å². The summed E-state index contributed by atoms with van der Waals surface area (Å²) < 4.78 is 0. The molecule has 0 bridgehead atoms. The van der Waals surface area contributed by atoms with E-state index in [1.807, 2.05) is 27.9 Å². The van der Waals surface area contributed by atoms with E-state index < -0.39 is 11.4 Å². The summed E-state index contributed by atoms with van der Waals surface area (Å²) >= 11 is 0. The summed E-state index contributed by atoms with van der Waals surface area (Å²) in [6.07, 6.45) is 1.99. The highest BCUT2D eigenvalue weighted by atomic mass is 16.4. The summed E-state index contributed by atoms with van der Waals surface area (Å²) in [6.45, 7) is 8.52. The normalized spacial score (nSPS) is 13.5.